The van der Waals surface area contributed by atoms with Crippen molar-refractivity contribution in [3.63, 3.8) is 0 Å². The van der Waals surface area contributed by atoms with Crippen LogP contribution in [0.15, 0.2) is 6.33 Å². The molecule has 1 aromatic heterocycles. The first kappa shape index (κ1) is 11.5. The highest BCUT2D eigenvalue weighted by molar-refractivity contribution is 5.75. The Bertz CT molecular complexity index is 430. The summed E-state index contributed by atoms with van der Waals surface area (Å²) in [6.07, 6.45) is 3.06. The second kappa shape index (κ2) is 5.41. The fraction of sp³-hybridized carbons (Fsp3) is 0.600. The predicted molar refractivity (Wildman–Crippen MR) is 56.7 cm³/mol. The van der Waals surface area contributed by atoms with Crippen molar-refractivity contribution in [2.45, 2.75) is 25.4 Å². The Balaban J connectivity index is 1.82. The van der Waals surface area contributed by atoms with Crippen molar-refractivity contribution < 1.29 is 9.53 Å². The van der Waals surface area contributed by atoms with Gasteiger partial charge in [0.25, 0.3) is 5.82 Å². The number of carbonyl (C=O) groups excluding carboxylic acids is 1. The number of rotatable bonds is 3. The Kier molecular flexibility index (Phi) is 3.67. The molecule has 1 saturated heterocycles. The minimum atomic E-state index is -0.119. The van der Waals surface area contributed by atoms with E-state index in [1.165, 1.54) is 11.0 Å². The summed E-state index contributed by atoms with van der Waals surface area (Å²) in [7, 11) is 0. The Morgan fingerprint density at radius 3 is 3.06 bits per heavy atom. The van der Waals surface area contributed by atoms with Crippen LogP contribution >= 0.6 is 0 Å². The molecule has 1 amide bonds. The number of hydrogen-bond donors (Lipinski definition) is 1. The first-order valence-electron chi connectivity index (χ1n) is 5.44. The SMILES string of the molecule is N#Cc1ncn(CC(=O)NC2CCOCC2)n1. The van der Waals surface area contributed by atoms with Gasteiger partial charge in [-0.1, -0.05) is 0 Å². The smallest absolute Gasteiger partial charge is 0.252 e. The third-order valence-corrected chi connectivity index (χ3v) is 2.53. The first-order valence-corrected chi connectivity index (χ1v) is 5.44. The van der Waals surface area contributed by atoms with Crippen molar-refractivity contribution in [2.24, 2.45) is 0 Å². The van der Waals surface area contributed by atoms with Crippen LogP contribution in [0.25, 0.3) is 0 Å². The number of ether oxygens (including phenoxy) is 1. The molecule has 90 valence electrons. The van der Waals surface area contributed by atoms with Crippen molar-refractivity contribution in [3.05, 3.63) is 12.2 Å². The molecule has 1 fully saturated rings. The zero-order valence-corrected chi connectivity index (χ0v) is 9.30. The van der Waals surface area contributed by atoms with Crippen LogP contribution in [-0.4, -0.2) is 39.9 Å². The van der Waals surface area contributed by atoms with Gasteiger partial charge < -0.3 is 10.1 Å². The molecule has 17 heavy (non-hydrogen) atoms. The monoisotopic (exact) mass is 235 g/mol. The predicted octanol–water partition coefficient (Wildman–Crippen LogP) is -0.555. The van der Waals surface area contributed by atoms with Gasteiger partial charge in [0.2, 0.25) is 5.91 Å². The molecule has 0 atom stereocenters. The minimum absolute atomic E-state index is 0.0730. The first-order chi connectivity index (χ1) is 8.28. The number of carbonyl (C=O) groups is 1. The van der Waals surface area contributed by atoms with Gasteiger partial charge in [-0.05, 0) is 12.8 Å². The van der Waals surface area contributed by atoms with E-state index in [0.29, 0.717) is 13.2 Å². The van der Waals surface area contributed by atoms with E-state index in [9.17, 15) is 4.79 Å². The van der Waals surface area contributed by atoms with E-state index in [-0.39, 0.29) is 24.3 Å². The number of hydrogen-bond acceptors (Lipinski definition) is 5. The van der Waals surface area contributed by atoms with Crippen LogP contribution in [-0.2, 0) is 16.1 Å². The van der Waals surface area contributed by atoms with Crippen molar-refractivity contribution >= 4 is 5.91 Å². The van der Waals surface area contributed by atoms with Crippen LogP contribution in [0.3, 0.4) is 0 Å². The van der Waals surface area contributed by atoms with Gasteiger partial charge in [-0.3, -0.25) is 4.79 Å². The molecule has 0 radical (unpaired) electrons. The van der Waals surface area contributed by atoms with E-state index in [1.807, 2.05) is 6.07 Å². The van der Waals surface area contributed by atoms with Crippen molar-refractivity contribution in [2.75, 3.05) is 13.2 Å². The van der Waals surface area contributed by atoms with Crippen LogP contribution in [0, 0.1) is 11.3 Å². The lowest BCUT2D eigenvalue weighted by Crippen LogP contribution is -2.40. The fourth-order valence-electron chi connectivity index (χ4n) is 1.68. The number of aromatic nitrogens is 3. The van der Waals surface area contributed by atoms with E-state index in [0.717, 1.165) is 12.8 Å². The summed E-state index contributed by atoms with van der Waals surface area (Å²) in [6, 6.07) is 1.99. The van der Waals surface area contributed by atoms with Crippen molar-refractivity contribution in [1.29, 1.82) is 5.26 Å². The highest BCUT2D eigenvalue weighted by atomic mass is 16.5. The number of nitrogens with one attached hydrogen (secondary N) is 1. The molecule has 1 aliphatic rings. The Hall–Kier alpha value is -1.94. The zero-order valence-electron chi connectivity index (χ0n) is 9.30. The Morgan fingerprint density at radius 1 is 1.65 bits per heavy atom. The van der Waals surface area contributed by atoms with Gasteiger partial charge in [-0.2, -0.15) is 5.26 Å². The molecule has 7 nitrogen and oxygen atoms in total. The second-order valence-electron chi connectivity index (χ2n) is 3.83. The normalized spacial score (nSPS) is 16.4. The van der Waals surface area contributed by atoms with Crippen molar-refractivity contribution in [1.82, 2.24) is 20.1 Å². The van der Waals surface area contributed by atoms with Crippen LogP contribution in [0.2, 0.25) is 0 Å². The zero-order chi connectivity index (χ0) is 12.1. The van der Waals surface area contributed by atoms with Gasteiger partial charge in [-0.15, -0.1) is 5.10 Å². The molecule has 0 bridgehead atoms. The van der Waals surface area contributed by atoms with Crippen LogP contribution in [0.1, 0.15) is 18.7 Å². The lowest BCUT2D eigenvalue weighted by Gasteiger charge is -2.22. The van der Waals surface area contributed by atoms with E-state index in [4.69, 9.17) is 10.00 Å². The number of amides is 1. The molecule has 0 aliphatic carbocycles. The lowest BCUT2D eigenvalue weighted by molar-refractivity contribution is -0.123. The second-order valence-corrected chi connectivity index (χ2v) is 3.83. The maximum atomic E-state index is 11.7. The van der Waals surface area contributed by atoms with Gasteiger partial charge in [-0.25, -0.2) is 9.67 Å². The molecule has 0 saturated carbocycles. The van der Waals surface area contributed by atoms with Gasteiger partial charge >= 0.3 is 0 Å². The van der Waals surface area contributed by atoms with Crippen LogP contribution in [0.5, 0.6) is 0 Å². The Labute approximate surface area is 98.4 Å². The minimum Gasteiger partial charge on any atom is -0.381 e. The average molecular weight is 235 g/mol. The molecule has 0 spiro atoms. The molecule has 0 aromatic carbocycles. The molecule has 1 aromatic rings. The summed E-state index contributed by atoms with van der Waals surface area (Å²) in [5.41, 5.74) is 0. The standard InChI is InChI=1S/C10H13N5O2/c11-5-9-12-7-15(14-9)6-10(16)13-8-1-3-17-4-2-8/h7-8H,1-4,6H2,(H,13,16). The highest BCUT2D eigenvalue weighted by Gasteiger charge is 2.16. The maximum Gasteiger partial charge on any atom is 0.252 e. The van der Waals surface area contributed by atoms with E-state index in [1.54, 1.807) is 0 Å². The highest BCUT2D eigenvalue weighted by Crippen LogP contribution is 2.05. The largest absolute Gasteiger partial charge is 0.381 e. The number of nitriles is 1. The van der Waals surface area contributed by atoms with E-state index >= 15 is 0 Å². The third-order valence-electron chi connectivity index (χ3n) is 2.53. The lowest BCUT2D eigenvalue weighted by atomic mass is 10.1. The average Bonchev–Trinajstić information content (AvgIpc) is 2.78. The summed E-state index contributed by atoms with van der Waals surface area (Å²) in [4.78, 5) is 15.4. The van der Waals surface area contributed by atoms with Gasteiger partial charge in [0.05, 0.1) is 0 Å². The number of nitrogens with zero attached hydrogens (tertiary/aromatic N) is 4. The summed E-state index contributed by atoms with van der Waals surface area (Å²) in [5.74, 6) is -0.0462. The quantitative estimate of drug-likeness (QED) is 0.758. The Morgan fingerprint density at radius 2 is 2.41 bits per heavy atom. The summed E-state index contributed by atoms with van der Waals surface area (Å²) >= 11 is 0. The summed E-state index contributed by atoms with van der Waals surface area (Å²) < 4.78 is 6.56. The molecular formula is C10H13N5O2. The third kappa shape index (κ3) is 3.26. The van der Waals surface area contributed by atoms with E-state index < -0.39 is 0 Å². The van der Waals surface area contributed by atoms with E-state index in [2.05, 4.69) is 15.4 Å². The van der Waals surface area contributed by atoms with Gasteiger partial charge in [0.1, 0.15) is 18.9 Å². The molecule has 2 heterocycles. The van der Waals surface area contributed by atoms with Crippen LogP contribution < -0.4 is 5.32 Å². The molecule has 1 aliphatic heterocycles. The van der Waals surface area contributed by atoms with Gasteiger partial charge in [0.15, 0.2) is 0 Å². The molecular weight excluding hydrogens is 222 g/mol. The molecule has 0 unspecified atom stereocenters. The van der Waals surface area contributed by atoms with Gasteiger partial charge in [0, 0.05) is 19.3 Å². The topological polar surface area (TPSA) is 92.8 Å². The summed E-state index contributed by atoms with van der Waals surface area (Å²) in [6.45, 7) is 1.46. The molecule has 1 N–H and O–H groups in total. The summed E-state index contributed by atoms with van der Waals surface area (Å²) in [5, 5.41) is 15.3. The van der Waals surface area contributed by atoms with Crippen LogP contribution in [0.4, 0.5) is 0 Å². The molecule has 7 heteroatoms. The molecule has 2 rings (SSSR count). The van der Waals surface area contributed by atoms with Crippen molar-refractivity contribution in [3.8, 4) is 6.07 Å². The maximum absolute atomic E-state index is 11.7. The fourth-order valence-corrected chi connectivity index (χ4v) is 1.68.